The summed E-state index contributed by atoms with van der Waals surface area (Å²) in [6, 6.07) is 13.1. The van der Waals surface area contributed by atoms with Gasteiger partial charge in [-0.1, -0.05) is 26.0 Å². The number of hydrogen-bond acceptors (Lipinski definition) is 3. The van der Waals surface area contributed by atoms with Crippen molar-refractivity contribution in [2.75, 3.05) is 18.0 Å². The third kappa shape index (κ3) is 4.08. The molecule has 2 heterocycles. The lowest BCUT2D eigenvalue weighted by Crippen LogP contribution is -2.37. The summed E-state index contributed by atoms with van der Waals surface area (Å²) in [4.78, 5) is 26.8. The van der Waals surface area contributed by atoms with Gasteiger partial charge in [-0.15, -0.1) is 0 Å². The van der Waals surface area contributed by atoms with Crippen LogP contribution in [-0.4, -0.2) is 34.8 Å². The number of nitrogens with zero attached hydrogens (tertiary/aromatic N) is 3. The molecule has 3 amide bonds. The van der Waals surface area contributed by atoms with Gasteiger partial charge >= 0.3 is 6.03 Å². The molecule has 0 saturated carbocycles. The molecule has 170 valence electrons. The molecule has 8 heteroatoms. The number of halogens is 1. The predicted molar refractivity (Wildman–Crippen MR) is 123 cm³/mol. The van der Waals surface area contributed by atoms with E-state index in [1.807, 2.05) is 12.1 Å². The van der Waals surface area contributed by atoms with Gasteiger partial charge in [0, 0.05) is 29.9 Å². The average molecular weight is 448 g/mol. The molecule has 0 spiro atoms. The van der Waals surface area contributed by atoms with Crippen LogP contribution < -0.4 is 15.5 Å². The largest absolute Gasteiger partial charge is 0.345 e. The van der Waals surface area contributed by atoms with Gasteiger partial charge in [0.05, 0.1) is 23.6 Å². The number of carbonyl (C=O) groups excluding carboxylic acids is 2. The van der Waals surface area contributed by atoms with Crippen molar-refractivity contribution >= 4 is 17.6 Å². The maximum absolute atomic E-state index is 13.8. The molecule has 7 nitrogen and oxygen atoms in total. The van der Waals surface area contributed by atoms with Gasteiger partial charge in [-0.3, -0.25) is 9.69 Å². The third-order valence-electron chi connectivity index (χ3n) is 6.31. The highest BCUT2D eigenvalue weighted by Gasteiger charge is 2.36. The summed E-state index contributed by atoms with van der Waals surface area (Å²) < 4.78 is 15.6. The number of carbonyl (C=O) groups is 2. The number of fused-ring (bicyclic) bond motifs is 1. The Bertz CT molecular complexity index is 1240. The molecule has 5 rings (SSSR count). The van der Waals surface area contributed by atoms with E-state index >= 15 is 0 Å². The summed E-state index contributed by atoms with van der Waals surface area (Å²) in [6.07, 6.45) is 3.30. The third-order valence-corrected chi connectivity index (χ3v) is 6.31. The number of anilines is 1. The number of aromatic nitrogens is 2. The molecule has 2 N–H and O–H groups in total. The van der Waals surface area contributed by atoms with Crippen LogP contribution in [0.2, 0.25) is 0 Å². The lowest BCUT2D eigenvalue weighted by atomic mass is 9.74. The Kier molecular flexibility index (Phi) is 5.15. The van der Waals surface area contributed by atoms with Gasteiger partial charge in [0.25, 0.3) is 5.91 Å². The summed E-state index contributed by atoms with van der Waals surface area (Å²) in [5.41, 5.74) is 3.70. The van der Waals surface area contributed by atoms with E-state index in [2.05, 4.69) is 29.6 Å². The van der Waals surface area contributed by atoms with Gasteiger partial charge in [-0.2, -0.15) is 5.10 Å². The van der Waals surface area contributed by atoms with Gasteiger partial charge in [0.1, 0.15) is 5.82 Å². The Balaban J connectivity index is 1.43. The molecular formula is C25H26FN5O2. The Hall–Kier alpha value is -3.68. The van der Waals surface area contributed by atoms with Gasteiger partial charge in [0.15, 0.2) is 0 Å². The minimum absolute atomic E-state index is 0.0778. The molecular weight excluding hydrogens is 421 g/mol. The number of urea groups is 1. The van der Waals surface area contributed by atoms with E-state index in [-0.39, 0.29) is 29.2 Å². The fourth-order valence-electron chi connectivity index (χ4n) is 4.78. The van der Waals surface area contributed by atoms with E-state index in [4.69, 9.17) is 0 Å². The molecule has 1 unspecified atom stereocenters. The first-order valence-electron chi connectivity index (χ1n) is 11.1. The standard InChI is InChI=1S/C25H26FN5O2/c1-25(2)13-21(20-15-28-31(22(20)14-25)19-8-4-6-17(26)12-19)29-23(32)16-5-3-7-18(11-16)30-10-9-27-24(30)33/h3-8,11-12,15,21H,9-10,13-14H2,1-2H3,(H,27,33)(H,29,32). The van der Waals surface area contributed by atoms with Crippen molar-refractivity contribution in [3.63, 3.8) is 0 Å². The first kappa shape index (κ1) is 21.2. The second-order valence-corrected chi connectivity index (χ2v) is 9.44. The van der Waals surface area contributed by atoms with Crippen LogP contribution in [-0.2, 0) is 6.42 Å². The molecule has 1 saturated heterocycles. The Morgan fingerprint density at radius 2 is 1.97 bits per heavy atom. The normalized spacial score (nSPS) is 19.2. The molecule has 0 radical (unpaired) electrons. The van der Waals surface area contributed by atoms with Gasteiger partial charge in [0.2, 0.25) is 0 Å². The van der Waals surface area contributed by atoms with E-state index in [9.17, 15) is 14.0 Å². The van der Waals surface area contributed by atoms with Crippen molar-refractivity contribution in [2.24, 2.45) is 5.41 Å². The van der Waals surface area contributed by atoms with Crippen molar-refractivity contribution in [3.05, 3.63) is 77.4 Å². The highest BCUT2D eigenvalue weighted by Crippen LogP contribution is 2.41. The summed E-state index contributed by atoms with van der Waals surface area (Å²) in [6.45, 7) is 5.48. The molecule has 1 atom stereocenters. The minimum Gasteiger partial charge on any atom is -0.345 e. The second-order valence-electron chi connectivity index (χ2n) is 9.44. The topological polar surface area (TPSA) is 79.3 Å². The number of hydrogen-bond donors (Lipinski definition) is 2. The molecule has 1 aliphatic heterocycles. The zero-order valence-electron chi connectivity index (χ0n) is 18.6. The maximum Gasteiger partial charge on any atom is 0.321 e. The smallest absolute Gasteiger partial charge is 0.321 e. The summed E-state index contributed by atoms with van der Waals surface area (Å²) >= 11 is 0. The van der Waals surface area contributed by atoms with E-state index in [0.29, 0.717) is 30.0 Å². The molecule has 0 bridgehead atoms. The molecule has 1 aromatic heterocycles. The van der Waals surface area contributed by atoms with Crippen LogP contribution in [0.4, 0.5) is 14.9 Å². The number of rotatable bonds is 4. The van der Waals surface area contributed by atoms with Crippen molar-refractivity contribution in [1.29, 1.82) is 0 Å². The Morgan fingerprint density at radius 1 is 1.18 bits per heavy atom. The number of benzene rings is 2. The van der Waals surface area contributed by atoms with Crippen molar-refractivity contribution in [2.45, 2.75) is 32.7 Å². The quantitative estimate of drug-likeness (QED) is 0.635. The van der Waals surface area contributed by atoms with Crippen LogP contribution in [0, 0.1) is 11.2 Å². The molecule has 33 heavy (non-hydrogen) atoms. The fraction of sp³-hybridized carbons (Fsp3) is 0.320. The van der Waals surface area contributed by atoms with Gasteiger partial charge < -0.3 is 10.6 Å². The van der Waals surface area contributed by atoms with Crippen molar-refractivity contribution in [1.82, 2.24) is 20.4 Å². The Labute approximate surface area is 191 Å². The second kappa shape index (κ2) is 8.03. The van der Waals surface area contributed by atoms with E-state index in [0.717, 1.165) is 24.1 Å². The molecule has 2 aliphatic rings. The minimum atomic E-state index is -0.316. The highest BCUT2D eigenvalue weighted by molar-refractivity contribution is 5.98. The van der Waals surface area contributed by atoms with Crippen molar-refractivity contribution in [3.8, 4) is 5.69 Å². The Morgan fingerprint density at radius 3 is 2.73 bits per heavy atom. The molecule has 3 aromatic rings. The fourth-order valence-corrected chi connectivity index (χ4v) is 4.78. The van der Waals surface area contributed by atoms with E-state index in [1.165, 1.54) is 12.1 Å². The molecule has 1 fully saturated rings. The SMILES string of the molecule is CC1(C)Cc2c(cnn2-c2cccc(F)c2)C(NC(=O)c2cccc(N3CCNC3=O)c2)C1. The van der Waals surface area contributed by atoms with E-state index in [1.54, 1.807) is 40.0 Å². The van der Waals surface area contributed by atoms with Crippen molar-refractivity contribution < 1.29 is 14.0 Å². The van der Waals surface area contributed by atoms with Crippen LogP contribution >= 0.6 is 0 Å². The lowest BCUT2D eigenvalue weighted by molar-refractivity contribution is 0.0919. The molecule has 1 aliphatic carbocycles. The van der Waals surface area contributed by atoms with Gasteiger partial charge in [-0.05, 0) is 54.7 Å². The first-order valence-corrected chi connectivity index (χ1v) is 11.1. The van der Waals surface area contributed by atoms with Crippen LogP contribution in [0.3, 0.4) is 0 Å². The lowest BCUT2D eigenvalue weighted by Gasteiger charge is -2.36. The highest BCUT2D eigenvalue weighted by atomic mass is 19.1. The first-order chi connectivity index (χ1) is 15.8. The van der Waals surface area contributed by atoms with Gasteiger partial charge in [-0.25, -0.2) is 13.9 Å². The maximum atomic E-state index is 13.8. The van der Waals surface area contributed by atoms with Crippen LogP contribution in [0.1, 0.15) is 47.9 Å². The van der Waals surface area contributed by atoms with Crippen LogP contribution in [0.25, 0.3) is 5.69 Å². The summed E-state index contributed by atoms with van der Waals surface area (Å²) in [5.74, 6) is -0.521. The zero-order chi connectivity index (χ0) is 23.2. The van der Waals surface area contributed by atoms with Crippen LogP contribution in [0.15, 0.2) is 54.7 Å². The number of nitrogens with one attached hydrogen (secondary N) is 2. The molecule has 2 aromatic carbocycles. The average Bonchev–Trinajstić information content (AvgIpc) is 3.39. The summed E-state index contributed by atoms with van der Waals surface area (Å²) in [5, 5.41) is 10.5. The monoisotopic (exact) mass is 447 g/mol. The zero-order valence-corrected chi connectivity index (χ0v) is 18.6. The predicted octanol–water partition coefficient (Wildman–Crippen LogP) is 3.98. The van der Waals surface area contributed by atoms with Crippen LogP contribution in [0.5, 0.6) is 0 Å². The van der Waals surface area contributed by atoms with E-state index < -0.39 is 0 Å². The summed E-state index contributed by atoms with van der Waals surface area (Å²) in [7, 11) is 0. The number of amides is 3.